The van der Waals surface area contributed by atoms with E-state index in [-0.39, 0.29) is 49.5 Å². The summed E-state index contributed by atoms with van der Waals surface area (Å²) < 4.78 is 9.68. The lowest BCUT2D eigenvalue weighted by Crippen LogP contribution is -2.41. The zero-order valence-corrected chi connectivity index (χ0v) is 33.9. The van der Waals surface area contributed by atoms with Crippen molar-refractivity contribution in [3.63, 3.8) is 0 Å². The third kappa shape index (κ3) is 7.64. The maximum atomic E-state index is 13.3. The van der Waals surface area contributed by atoms with Crippen LogP contribution in [0, 0.1) is 20.8 Å². The number of carbonyl (C=O) groups excluding carboxylic acids is 4. The van der Waals surface area contributed by atoms with E-state index in [9.17, 15) is 19.2 Å². The highest BCUT2D eigenvalue weighted by Gasteiger charge is 2.33. The van der Waals surface area contributed by atoms with Crippen molar-refractivity contribution < 1.29 is 23.9 Å². The number of aryl methyl sites for hydroxylation is 2. The van der Waals surface area contributed by atoms with Crippen molar-refractivity contribution in [3.05, 3.63) is 105 Å². The number of benzene rings is 2. The number of piperidine rings is 1. The zero-order chi connectivity index (χ0) is 40.5. The fourth-order valence-corrected chi connectivity index (χ4v) is 9.09. The Morgan fingerprint density at radius 3 is 2.64 bits per heavy atom. The highest BCUT2D eigenvalue weighted by molar-refractivity contribution is 7.15. The summed E-state index contributed by atoms with van der Waals surface area (Å²) in [7, 11) is 0. The van der Waals surface area contributed by atoms with Crippen molar-refractivity contribution in [1.82, 2.24) is 40.3 Å². The summed E-state index contributed by atoms with van der Waals surface area (Å²) in [5.41, 5.74) is 6.19. The highest BCUT2D eigenvalue weighted by atomic mass is 35.5. The van der Waals surface area contributed by atoms with Gasteiger partial charge in [-0.05, 0) is 75.1 Å². The number of aromatic nitrogens is 5. The molecule has 0 bridgehead atoms. The molecule has 298 valence electrons. The van der Waals surface area contributed by atoms with E-state index < -0.39 is 12.1 Å². The minimum Gasteiger partial charge on any atom is -0.380 e. The molecule has 0 spiro atoms. The number of hydrogen-bond donors (Lipinski definition) is 3. The van der Waals surface area contributed by atoms with Gasteiger partial charge in [0.15, 0.2) is 5.82 Å². The zero-order valence-electron chi connectivity index (χ0n) is 32.3. The van der Waals surface area contributed by atoms with Gasteiger partial charge >= 0.3 is 0 Å². The van der Waals surface area contributed by atoms with Crippen LogP contribution >= 0.6 is 22.9 Å². The molecule has 58 heavy (non-hydrogen) atoms. The van der Waals surface area contributed by atoms with Crippen LogP contribution < -0.4 is 16.0 Å². The van der Waals surface area contributed by atoms with Crippen molar-refractivity contribution in [2.45, 2.75) is 71.5 Å². The Labute approximate surface area is 343 Å². The topological polar surface area (TPSA) is 174 Å². The molecule has 8 rings (SSSR count). The highest BCUT2D eigenvalue weighted by Crippen LogP contribution is 2.40. The van der Waals surface area contributed by atoms with Gasteiger partial charge in [0.05, 0.1) is 24.3 Å². The molecule has 14 nitrogen and oxygen atoms in total. The van der Waals surface area contributed by atoms with E-state index in [2.05, 4.69) is 45.0 Å². The number of hydrogen-bond acceptors (Lipinski definition) is 10. The second-order valence-corrected chi connectivity index (χ2v) is 16.1. The quantitative estimate of drug-likeness (QED) is 0.0954. The molecule has 4 amide bonds. The number of aliphatic imine (C=N–C) groups is 1. The first-order valence-corrected chi connectivity index (χ1v) is 20.5. The molecular weight excluding hydrogens is 778 g/mol. The summed E-state index contributed by atoms with van der Waals surface area (Å²) in [5, 5.41) is 20.7. The van der Waals surface area contributed by atoms with Gasteiger partial charge < -0.3 is 19.9 Å². The van der Waals surface area contributed by atoms with Gasteiger partial charge in [0.2, 0.25) is 23.6 Å². The van der Waals surface area contributed by atoms with E-state index in [1.807, 2.05) is 70.7 Å². The van der Waals surface area contributed by atoms with Gasteiger partial charge in [-0.1, -0.05) is 35.9 Å². The van der Waals surface area contributed by atoms with Crippen molar-refractivity contribution >= 4 is 74.2 Å². The smallest absolute Gasteiger partial charge is 0.249 e. The number of imide groups is 1. The van der Waals surface area contributed by atoms with Crippen LogP contribution in [0.5, 0.6) is 0 Å². The van der Waals surface area contributed by atoms with E-state index in [1.54, 1.807) is 17.5 Å². The fourth-order valence-electron chi connectivity index (χ4n) is 7.75. The third-order valence-electron chi connectivity index (χ3n) is 10.7. The van der Waals surface area contributed by atoms with Crippen LogP contribution in [0.3, 0.4) is 0 Å². The molecule has 2 aliphatic rings. The van der Waals surface area contributed by atoms with E-state index in [0.717, 1.165) is 55.1 Å². The number of amides is 4. The van der Waals surface area contributed by atoms with E-state index in [1.165, 1.54) is 4.88 Å². The summed E-state index contributed by atoms with van der Waals surface area (Å²) >= 11 is 7.88. The SMILES string of the molecule is Cc1sc2c(c1C)C(c1ccc(Cl)cc1)=N[C@@H](CC(=O)NCCOCCCC(=O)NCc1cccc3c1c1cccnc1n3C1CCC(=O)NC1=O)c1nnc(C)n1-2. The molecule has 0 saturated carbocycles. The normalized spacial score (nSPS) is 16.4. The molecule has 1 saturated heterocycles. The van der Waals surface area contributed by atoms with Gasteiger partial charge in [-0.25, -0.2) is 4.98 Å². The number of pyridine rings is 1. The first-order valence-electron chi connectivity index (χ1n) is 19.3. The maximum Gasteiger partial charge on any atom is 0.249 e. The molecule has 6 aromatic rings. The Bertz CT molecular complexity index is 2610. The van der Waals surface area contributed by atoms with Crippen LogP contribution in [-0.4, -0.2) is 73.4 Å². The van der Waals surface area contributed by atoms with Gasteiger partial charge in [0, 0.05) is 70.5 Å². The van der Waals surface area contributed by atoms with Crippen LogP contribution in [-0.2, 0) is 30.5 Å². The number of ether oxygens (including phenoxy) is 1. The van der Waals surface area contributed by atoms with Crippen LogP contribution in [0.4, 0.5) is 0 Å². The molecule has 0 aliphatic carbocycles. The Kier molecular flexibility index (Phi) is 11.2. The Morgan fingerprint density at radius 2 is 1.83 bits per heavy atom. The molecular formula is C42H42ClN9O5S. The number of halogens is 1. The van der Waals surface area contributed by atoms with Crippen molar-refractivity contribution in [2.75, 3.05) is 19.8 Å². The summed E-state index contributed by atoms with van der Waals surface area (Å²) in [6.45, 7) is 7.31. The molecule has 1 fully saturated rings. The molecule has 2 aliphatic heterocycles. The molecule has 16 heteroatoms. The number of carbonyl (C=O) groups is 4. The molecule has 4 aromatic heterocycles. The number of rotatable bonds is 13. The molecule has 1 unspecified atom stereocenters. The van der Waals surface area contributed by atoms with Crippen molar-refractivity contribution in [2.24, 2.45) is 4.99 Å². The Morgan fingerprint density at radius 1 is 1.00 bits per heavy atom. The minimum absolute atomic E-state index is 0.0734. The summed E-state index contributed by atoms with van der Waals surface area (Å²) in [5.74, 6) is 0.405. The second-order valence-electron chi connectivity index (χ2n) is 14.5. The number of thiophene rings is 1. The number of fused-ring (bicyclic) bond motifs is 6. The lowest BCUT2D eigenvalue weighted by Gasteiger charge is -2.23. The van der Waals surface area contributed by atoms with E-state index in [4.69, 9.17) is 21.3 Å². The molecule has 2 atom stereocenters. The molecule has 3 N–H and O–H groups in total. The minimum atomic E-state index is -0.571. The number of nitrogens with one attached hydrogen (secondary N) is 3. The summed E-state index contributed by atoms with van der Waals surface area (Å²) in [6.07, 6.45) is 3.17. The standard InChI is InChI=1S/C42H42ClN9O5S/c1-23-24(2)58-42-36(23)38(26-11-13-28(43)14-12-26)47-30(40-50-49-25(3)51(40)42)21-35(55)44-18-20-57-19-6-10-33(53)46-22-27-7-4-9-31-37(27)29-8-5-17-45-39(29)52(31)32-15-16-34(54)48-41(32)56/h4-5,7-9,11-14,17,30,32H,6,10,15-16,18-22H2,1-3H3,(H,44,55)(H,46,53)(H,48,54,56)/t30-,32?/m0/s1. The van der Waals surface area contributed by atoms with Crippen LogP contribution in [0.2, 0.25) is 5.02 Å². The van der Waals surface area contributed by atoms with Crippen molar-refractivity contribution in [3.8, 4) is 5.00 Å². The number of nitrogens with zero attached hydrogens (tertiary/aromatic N) is 6. The van der Waals surface area contributed by atoms with Crippen LogP contribution in [0.1, 0.15) is 83.0 Å². The Hall–Kier alpha value is -5.77. The fraction of sp³-hybridized carbons (Fsp3) is 0.333. The predicted octanol–water partition coefficient (Wildman–Crippen LogP) is 5.90. The average molecular weight is 820 g/mol. The Balaban J connectivity index is 0.835. The monoisotopic (exact) mass is 819 g/mol. The second kappa shape index (κ2) is 16.6. The van der Waals surface area contributed by atoms with Gasteiger partial charge in [-0.3, -0.25) is 34.1 Å². The molecule has 0 radical (unpaired) electrons. The first-order chi connectivity index (χ1) is 28.1. The van der Waals surface area contributed by atoms with Crippen LogP contribution in [0.15, 0.2) is 65.8 Å². The summed E-state index contributed by atoms with van der Waals surface area (Å²) in [4.78, 5) is 61.8. The van der Waals surface area contributed by atoms with E-state index >= 15 is 0 Å². The van der Waals surface area contributed by atoms with E-state index in [0.29, 0.717) is 49.0 Å². The lowest BCUT2D eigenvalue weighted by molar-refractivity contribution is -0.135. The predicted molar refractivity (Wildman–Crippen MR) is 221 cm³/mol. The van der Waals surface area contributed by atoms with Crippen molar-refractivity contribution in [1.29, 1.82) is 0 Å². The summed E-state index contributed by atoms with van der Waals surface area (Å²) in [6, 6.07) is 16.0. The third-order valence-corrected chi connectivity index (χ3v) is 12.1. The van der Waals surface area contributed by atoms with Crippen LogP contribution in [0.25, 0.3) is 26.9 Å². The maximum absolute atomic E-state index is 13.3. The molecule has 2 aromatic carbocycles. The first kappa shape index (κ1) is 39.1. The molecule has 6 heterocycles. The van der Waals surface area contributed by atoms with Gasteiger partial charge in [-0.15, -0.1) is 21.5 Å². The van der Waals surface area contributed by atoms with Gasteiger partial charge in [0.1, 0.15) is 28.6 Å². The average Bonchev–Trinajstić information content (AvgIpc) is 3.82. The lowest BCUT2D eigenvalue weighted by atomic mass is 9.99. The largest absolute Gasteiger partial charge is 0.380 e. The van der Waals surface area contributed by atoms with Gasteiger partial charge in [0.25, 0.3) is 0 Å². The van der Waals surface area contributed by atoms with Gasteiger partial charge in [-0.2, -0.15) is 0 Å².